The number of allylic oxidation sites excluding steroid dienone is 2. The van der Waals surface area contributed by atoms with E-state index < -0.39 is 0 Å². The zero-order valence-electron chi connectivity index (χ0n) is 5.60. The van der Waals surface area contributed by atoms with Crippen molar-refractivity contribution in [3.8, 4) is 0 Å². The number of hydrogen-bond acceptors (Lipinski definition) is 0. The largest absolute Gasteiger partial charge is 0.0937 e. The molecule has 0 aromatic carbocycles. The molecule has 0 aromatic rings. The molecule has 0 spiro atoms. The predicted molar refractivity (Wildman–Crippen MR) is 40.8 cm³/mol. The van der Waals surface area contributed by atoms with E-state index in [0.717, 1.165) is 5.66 Å². The summed E-state index contributed by atoms with van der Waals surface area (Å²) in [6, 6.07) is 0. The molecule has 0 nitrogen and oxygen atoms in total. The molecule has 0 N–H and O–H groups in total. The van der Waals surface area contributed by atoms with Crippen LogP contribution < -0.4 is 0 Å². The van der Waals surface area contributed by atoms with Gasteiger partial charge in [-0.3, -0.25) is 0 Å². The van der Waals surface area contributed by atoms with Gasteiger partial charge in [0, 0.05) is 5.66 Å². The van der Waals surface area contributed by atoms with Gasteiger partial charge in [-0.15, -0.1) is 0 Å². The fourth-order valence-electron chi connectivity index (χ4n) is 0.927. The Balaban J connectivity index is 2.82. The highest BCUT2D eigenvalue weighted by atomic mass is 31.1. The Morgan fingerprint density at radius 1 is 1.50 bits per heavy atom. The van der Waals surface area contributed by atoms with E-state index in [-0.39, 0.29) is 0 Å². The van der Waals surface area contributed by atoms with Crippen molar-refractivity contribution in [1.29, 1.82) is 0 Å². The molecule has 1 heteroatoms. The molecule has 1 aliphatic heterocycles. The highest BCUT2D eigenvalue weighted by Crippen LogP contribution is 2.23. The quantitative estimate of drug-likeness (QED) is 0.437. The van der Waals surface area contributed by atoms with Crippen LogP contribution in [0.3, 0.4) is 0 Å². The molecule has 0 fully saturated rings. The van der Waals surface area contributed by atoms with Crippen LogP contribution in [0.2, 0.25) is 0 Å². The number of rotatable bonds is 0. The lowest BCUT2D eigenvalue weighted by Gasteiger charge is -1.86. The van der Waals surface area contributed by atoms with Gasteiger partial charge in [0.2, 0.25) is 0 Å². The normalized spacial score (nSPS) is 29.6. The lowest BCUT2D eigenvalue weighted by atomic mass is 10.2. The smallest absolute Gasteiger partial charge is 0.0168 e. The van der Waals surface area contributed by atoms with Gasteiger partial charge in [0.1, 0.15) is 0 Å². The Hall–Kier alpha value is -0.0900. The van der Waals surface area contributed by atoms with Crippen LogP contribution in [0.25, 0.3) is 0 Å². The summed E-state index contributed by atoms with van der Waals surface area (Å²) in [5, 5.41) is 1.54. The van der Waals surface area contributed by atoms with Crippen LogP contribution >= 0.6 is 8.20 Å². The van der Waals surface area contributed by atoms with Crippen molar-refractivity contribution in [1.82, 2.24) is 0 Å². The standard InChI is InChI=1S/C7H11P/c1-5-4-6(2)8-7(5)3/h4,6H,1-3H3. The van der Waals surface area contributed by atoms with E-state index in [0.29, 0.717) is 0 Å². The van der Waals surface area contributed by atoms with Crippen LogP contribution in [0.5, 0.6) is 0 Å². The van der Waals surface area contributed by atoms with Gasteiger partial charge < -0.3 is 0 Å². The van der Waals surface area contributed by atoms with Gasteiger partial charge in [-0.1, -0.05) is 21.2 Å². The topological polar surface area (TPSA) is 0 Å². The summed E-state index contributed by atoms with van der Waals surface area (Å²) in [6.07, 6.45) is 2.33. The first kappa shape index (κ1) is 6.04. The second kappa shape index (κ2) is 2.03. The maximum Gasteiger partial charge on any atom is 0.0168 e. The van der Waals surface area contributed by atoms with Crippen molar-refractivity contribution in [2.75, 3.05) is 0 Å². The Morgan fingerprint density at radius 2 is 2.12 bits per heavy atom. The minimum absolute atomic E-state index is 0.773. The summed E-state index contributed by atoms with van der Waals surface area (Å²) < 4.78 is 0. The van der Waals surface area contributed by atoms with Crippen LogP contribution in [0, 0.1) is 0 Å². The fourth-order valence-corrected chi connectivity index (χ4v) is 2.11. The van der Waals surface area contributed by atoms with E-state index in [1.54, 1.807) is 0 Å². The van der Waals surface area contributed by atoms with Gasteiger partial charge in [0.15, 0.2) is 0 Å². The predicted octanol–water partition coefficient (Wildman–Crippen LogP) is 2.47. The van der Waals surface area contributed by atoms with E-state index >= 15 is 0 Å². The first-order valence-electron chi connectivity index (χ1n) is 2.93. The van der Waals surface area contributed by atoms with Crippen molar-refractivity contribution >= 4 is 13.5 Å². The van der Waals surface area contributed by atoms with Crippen LogP contribution in [-0.2, 0) is 0 Å². The molecule has 0 amide bonds. The molecule has 0 saturated heterocycles. The van der Waals surface area contributed by atoms with E-state index in [4.69, 9.17) is 0 Å². The van der Waals surface area contributed by atoms with Gasteiger partial charge in [0.05, 0.1) is 0 Å². The van der Waals surface area contributed by atoms with Crippen molar-refractivity contribution in [3.05, 3.63) is 11.6 Å². The molecule has 8 heavy (non-hydrogen) atoms. The molecular formula is C7H11P. The van der Waals surface area contributed by atoms with Crippen molar-refractivity contribution < 1.29 is 0 Å². The maximum atomic E-state index is 2.33. The minimum Gasteiger partial charge on any atom is -0.0937 e. The Bertz CT molecular complexity index is 136. The lowest BCUT2D eigenvalue weighted by molar-refractivity contribution is 1.24. The van der Waals surface area contributed by atoms with E-state index in [1.165, 1.54) is 19.1 Å². The van der Waals surface area contributed by atoms with Crippen LogP contribution in [0.1, 0.15) is 20.8 Å². The van der Waals surface area contributed by atoms with E-state index in [9.17, 15) is 0 Å². The molecule has 0 bridgehead atoms. The van der Waals surface area contributed by atoms with Gasteiger partial charge in [0.25, 0.3) is 0 Å². The van der Waals surface area contributed by atoms with Crippen molar-refractivity contribution in [3.63, 3.8) is 0 Å². The minimum atomic E-state index is 0.773. The molecule has 0 saturated carbocycles. The van der Waals surface area contributed by atoms with Crippen molar-refractivity contribution in [2.45, 2.75) is 26.4 Å². The van der Waals surface area contributed by atoms with Crippen LogP contribution in [0.15, 0.2) is 11.6 Å². The molecule has 0 aromatic heterocycles. The van der Waals surface area contributed by atoms with Crippen LogP contribution in [-0.4, -0.2) is 11.0 Å². The average Bonchev–Trinajstić information content (AvgIpc) is 1.85. The second-order valence-corrected chi connectivity index (χ2v) is 4.05. The molecule has 0 radical (unpaired) electrons. The molecular weight excluding hydrogens is 115 g/mol. The SMILES string of the molecule is CC1=CC(C)P=C1C. The van der Waals surface area contributed by atoms with Gasteiger partial charge in [-0.25, -0.2) is 0 Å². The highest BCUT2D eigenvalue weighted by molar-refractivity contribution is 7.42. The maximum absolute atomic E-state index is 2.33. The Morgan fingerprint density at radius 3 is 2.25 bits per heavy atom. The van der Waals surface area contributed by atoms with E-state index in [1.807, 2.05) is 0 Å². The number of hydrogen-bond donors (Lipinski definition) is 0. The third-order valence-corrected chi connectivity index (χ3v) is 2.76. The summed E-state index contributed by atoms with van der Waals surface area (Å²) in [4.78, 5) is 0. The lowest BCUT2D eigenvalue weighted by Crippen LogP contribution is -1.81. The first-order valence-corrected chi connectivity index (χ1v) is 3.89. The van der Waals surface area contributed by atoms with Crippen molar-refractivity contribution in [2.24, 2.45) is 0 Å². The molecule has 1 aliphatic rings. The zero-order chi connectivity index (χ0) is 6.15. The third kappa shape index (κ3) is 1.00. The van der Waals surface area contributed by atoms with Gasteiger partial charge >= 0.3 is 0 Å². The summed E-state index contributed by atoms with van der Waals surface area (Å²) >= 11 is 0. The molecule has 1 rings (SSSR count). The summed E-state index contributed by atoms with van der Waals surface area (Å²) in [6.45, 7) is 6.64. The highest BCUT2D eigenvalue weighted by Gasteiger charge is 2.05. The monoisotopic (exact) mass is 126 g/mol. The second-order valence-electron chi connectivity index (χ2n) is 2.30. The van der Waals surface area contributed by atoms with Gasteiger partial charge in [-0.2, -0.15) is 0 Å². The fraction of sp³-hybridized carbons (Fsp3) is 0.571. The average molecular weight is 126 g/mol. The Kier molecular flexibility index (Phi) is 1.53. The molecule has 1 unspecified atom stereocenters. The molecule has 1 atom stereocenters. The first-order chi connectivity index (χ1) is 3.70. The molecule has 44 valence electrons. The summed E-state index contributed by atoms with van der Waals surface area (Å²) in [5.41, 5.74) is 2.26. The zero-order valence-corrected chi connectivity index (χ0v) is 6.50. The molecule has 1 heterocycles. The molecule has 0 aliphatic carbocycles. The Labute approximate surface area is 52.4 Å². The van der Waals surface area contributed by atoms with E-state index in [2.05, 4.69) is 26.8 Å². The van der Waals surface area contributed by atoms with Gasteiger partial charge in [-0.05, 0) is 24.7 Å². The summed E-state index contributed by atoms with van der Waals surface area (Å²) in [7, 11) is 1.51. The summed E-state index contributed by atoms with van der Waals surface area (Å²) in [5.74, 6) is 0. The van der Waals surface area contributed by atoms with Crippen LogP contribution in [0.4, 0.5) is 0 Å². The third-order valence-electron chi connectivity index (χ3n) is 1.46.